The highest BCUT2D eigenvalue weighted by atomic mass is 16.5. The van der Waals surface area contributed by atoms with Crippen molar-refractivity contribution in [1.82, 2.24) is 25.0 Å². The summed E-state index contributed by atoms with van der Waals surface area (Å²) in [6, 6.07) is 18.3. The predicted octanol–water partition coefficient (Wildman–Crippen LogP) is 3.23. The molecule has 7 heteroatoms. The van der Waals surface area contributed by atoms with Gasteiger partial charge in [0.1, 0.15) is 11.6 Å². The maximum atomic E-state index is 12.2. The summed E-state index contributed by atoms with van der Waals surface area (Å²) < 4.78 is 7.65. The Morgan fingerprint density at radius 3 is 2.52 bits per heavy atom. The third kappa shape index (κ3) is 6.65. The summed E-state index contributed by atoms with van der Waals surface area (Å²) in [7, 11) is 0. The van der Waals surface area contributed by atoms with Crippen molar-refractivity contribution in [3.63, 3.8) is 0 Å². The van der Waals surface area contributed by atoms with E-state index in [0.29, 0.717) is 18.2 Å². The van der Waals surface area contributed by atoms with E-state index in [1.165, 1.54) is 11.1 Å². The van der Waals surface area contributed by atoms with Crippen LogP contribution in [0, 0.1) is 5.92 Å². The summed E-state index contributed by atoms with van der Waals surface area (Å²) in [5.74, 6) is 2.95. The van der Waals surface area contributed by atoms with Gasteiger partial charge >= 0.3 is 0 Å². The molecule has 0 atom stereocenters. The maximum absolute atomic E-state index is 12.2. The second-order valence-electron chi connectivity index (χ2n) is 9.00. The molecule has 2 aromatic carbocycles. The topological polar surface area (TPSA) is 72.3 Å². The lowest BCUT2D eigenvalue weighted by molar-refractivity contribution is -0.123. The number of hydrogen-bond acceptors (Lipinski definition) is 5. The van der Waals surface area contributed by atoms with Crippen molar-refractivity contribution in [2.75, 3.05) is 19.7 Å². The molecule has 0 aliphatic carbocycles. The zero-order valence-corrected chi connectivity index (χ0v) is 19.5. The van der Waals surface area contributed by atoms with E-state index in [1.54, 1.807) is 0 Å². The Hall–Kier alpha value is -3.19. The van der Waals surface area contributed by atoms with Gasteiger partial charge in [0.05, 0.1) is 6.54 Å². The molecule has 7 nitrogen and oxygen atoms in total. The molecule has 174 valence electrons. The molecule has 1 aromatic heterocycles. The van der Waals surface area contributed by atoms with Gasteiger partial charge in [-0.25, -0.2) is 0 Å². The first-order valence-corrected chi connectivity index (χ1v) is 11.7. The number of hydrogen-bond donors (Lipinski definition) is 1. The first-order chi connectivity index (χ1) is 16.1. The molecule has 33 heavy (non-hydrogen) atoms. The summed E-state index contributed by atoms with van der Waals surface area (Å²) in [4.78, 5) is 14.6. The number of fused-ring (bicyclic) bond motifs is 1. The van der Waals surface area contributed by atoms with Gasteiger partial charge in [0.2, 0.25) is 0 Å². The van der Waals surface area contributed by atoms with E-state index in [9.17, 15) is 4.79 Å². The number of ether oxygens (including phenoxy) is 1. The number of aromatic nitrogens is 3. The number of benzene rings is 2. The molecule has 4 rings (SSSR count). The van der Waals surface area contributed by atoms with Gasteiger partial charge in [0, 0.05) is 32.6 Å². The maximum Gasteiger partial charge on any atom is 0.258 e. The minimum Gasteiger partial charge on any atom is -0.484 e. The summed E-state index contributed by atoms with van der Waals surface area (Å²) in [6.45, 7) is 8.46. The van der Waals surface area contributed by atoms with Crippen LogP contribution < -0.4 is 10.1 Å². The van der Waals surface area contributed by atoms with Crippen molar-refractivity contribution in [3.05, 3.63) is 77.4 Å². The minimum atomic E-state index is -0.174. The number of amides is 1. The summed E-state index contributed by atoms with van der Waals surface area (Å²) in [5, 5.41) is 11.6. The van der Waals surface area contributed by atoms with Gasteiger partial charge in [0.25, 0.3) is 5.91 Å². The van der Waals surface area contributed by atoms with Gasteiger partial charge < -0.3 is 14.6 Å². The third-order valence-corrected chi connectivity index (χ3v) is 5.83. The summed E-state index contributed by atoms with van der Waals surface area (Å²) >= 11 is 0. The van der Waals surface area contributed by atoms with Crippen LogP contribution in [0.5, 0.6) is 5.75 Å². The molecule has 0 saturated heterocycles. The summed E-state index contributed by atoms with van der Waals surface area (Å²) in [5.41, 5.74) is 2.74. The average Bonchev–Trinajstić information content (AvgIpc) is 3.10. The van der Waals surface area contributed by atoms with Crippen LogP contribution in [0.4, 0.5) is 0 Å². The highest BCUT2D eigenvalue weighted by Gasteiger charge is 2.19. The molecule has 0 unspecified atom stereocenters. The molecular formula is C26H33N5O2. The molecule has 3 aromatic rings. The van der Waals surface area contributed by atoms with E-state index in [-0.39, 0.29) is 12.5 Å². The lowest BCUT2D eigenvalue weighted by atomic mass is 10.0. The number of carbonyl (C=O) groups is 1. The van der Waals surface area contributed by atoms with Crippen LogP contribution in [-0.2, 0) is 37.3 Å². The molecule has 1 aliphatic heterocycles. The lowest BCUT2D eigenvalue weighted by Gasteiger charge is -2.20. The lowest BCUT2D eigenvalue weighted by Crippen LogP contribution is -2.30. The largest absolute Gasteiger partial charge is 0.484 e. The molecule has 0 radical (unpaired) electrons. The second-order valence-corrected chi connectivity index (χ2v) is 9.00. The summed E-state index contributed by atoms with van der Waals surface area (Å²) in [6.07, 6.45) is 1.97. The molecule has 0 bridgehead atoms. The van der Waals surface area contributed by atoms with Crippen LogP contribution in [0.2, 0.25) is 0 Å². The van der Waals surface area contributed by atoms with Crippen LogP contribution in [0.25, 0.3) is 0 Å². The van der Waals surface area contributed by atoms with Gasteiger partial charge in [-0.15, -0.1) is 10.2 Å². The van der Waals surface area contributed by atoms with Gasteiger partial charge in [-0.1, -0.05) is 56.3 Å². The van der Waals surface area contributed by atoms with E-state index in [4.69, 9.17) is 4.74 Å². The fourth-order valence-corrected chi connectivity index (χ4v) is 4.12. The minimum absolute atomic E-state index is 0.0191. The monoisotopic (exact) mass is 447 g/mol. The highest BCUT2D eigenvalue weighted by Crippen LogP contribution is 2.15. The Bertz CT molecular complexity index is 1030. The van der Waals surface area contributed by atoms with E-state index >= 15 is 0 Å². The Labute approximate surface area is 195 Å². The highest BCUT2D eigenvalue weighted by molar-refractivity contribution is 5.77. The van der Waals surface area contributed by atoms with Crippen molar-refractivity contribution in [2.24, 2.45) is 5.92 Å². The van der Waals surface area contributed by atoms with Crippen LogP contribution in [0.3, 0.4) is 0 Å². The van der Waals surface area contributed by atoms with Gasteiger partial charge in [-0.05, 0) is 35.6 Å². The molecule has 0 saturated carbocycles. The predicted molar refractivity (Wildman–Crippen MR) is 128 cm³/mol. The van der Waals surface area contributed by atoms with Crippen LogP contribution in [0.1, 0.15) is 36.6 Å². The van der Waals surface area contributed by atoms with E-state index in [0.717, 1.165) is 50.7 Å². The van der Waals surface area contributed by atoms with Crippen molar-refractivity contribution in [2.45, 2.75) is 46.3 Å². The third-order valence-electron chi connectivity index (χ3n) is 5.83. The fraction of sp³-hybridized carbons (Fsp3) is 0.423. The zero-order chi connectivity index (χ0) is 23.0. The Morgan fingerprint density at radius 1 is 1.00 bits per heavy atom. The smallest absolute Gasteiger partial charge is 0.258 e. The number of nitrogens with zero attached hydrogens (tertiary/aromatic N) is 4. The number of para-hydroxylation sites is 1. The van der Waals surface area contributed by atoms with E-state index in [2.05, 4.69) is 63.1 Å². The van der Waals surface area contributed by atoms with Crippen LogP contribution >= 0.6 is 0 Å². The molecule has 2 heterocycles. The number of rotatable bonds is 9. The number of nitrogens with one attached hydrogen (secondary N) is 1. The van der Waals surface area contributed by atoms with Crippen molar-refractivity contribution >= 4 is 5.91 Å². The Balaban J connectivity index is 1.26. The molecule has 1 N–H and O–H groups in total. The molecule has 0 fully saturated rings. The standard InChI is InChI=1S/C26H33N5O2/c1-20(2)16-21-8-10-22(11-9-21)18-30-13-12-24-28-29-25(31(24)15-14-30)17-27-26(32)19-33-23-6-4-3-5-7-23/h3-11,20H,12-19H2,1-2H3,(H,27,32). The molecular weight excluding hydrogens is 414 g/mol. The molecule has 1 amide bonds. The van der Waals surface area contributed by atoms with Crippen LogP contribution in [-0.4, -0.2) is 45.3 Å². The van der Waals surface area contributed by atoms with Gasteiger partial charge in [0.15, 0.2) is 12.4 Å². The van der Waals surface area contributed by atoms with Crippen molar-refractivity contribution in [1.29, 1.82) is 0 Å². The average molecular weight is 448 g/mol. The first-order valence-electron chi connectivity index (χ1n) is 11.7. The Kier molecular flexibility index (Phi) is 7.73. The quantitative estimate of drug-likeness (QED) is 0.545. The van der Waals surface area contributed by atoms with E-state index < -0.39 is 0 Å². The fourth-order valence-electron chi connectivity index (χ4n) is 4.12. The Morgan fingerprint density at radius 2 is 1.76 bits per heavy atom. The zero-order valence-electron chi connectivity index (χ0n) is 19.5. The van der Waals surface area contributed by atoms with E-state index in [1.807, 2.05) is 30.3 Å². The second kappa shape index (κ2) is 11.1. The molecule has 1 aliphatic rings. The van der Waals surface area contributed by atoms with Gasteiger partial charge in [-0.3, -0.25) is 9.69 Å². The number of carbonyl (C=O) groups excluding carboxylic acids is 1. The SMILES string of the molecule is CC(C)Cc1ccc(CN2CCc3nnc(CNC(=O)COc4ccccc4)n3CC2)cc1. The van der Waals surface area contributed by atoms with Crippen molar-refractivity contribution < 1.29 is 9.53 Å². The normalized spacial score (nSPS) is 14.0. The molecule has 0 spiro atoms. The van der Waals surface area contributed by atoms with Gasteiger partial charge in [-0.2, -0.15) is 0 Å². The van der Waals surface area contributed by atoms with Crippen LogP contribution in [0.15, 0.2) is 54.6 Å². The van der Waals surface area contributed by atoms with Crippen molar-refractivity contribution in [3.8, 4) is 5.75 Å². The first kappa shape index (κ1) is 23.0.